The van der Waals surface area contributed by atoms with Gasteiger partial charge in [0.1, 0.15) is 0 Å². The van der Waals surface area contributed by atoms with Crippen molar-refractivity contribution in [2.75, 3.05) is 41.7 Å². The van der Waals surface area contributed by atoms with Gasteiger partial charge in [-0.1, -0.05) is 6.07 Å². The van der Waals surface area contributed by atoms with E-state index < -0.39 is 0 Å². The molecule has 1 aliphatic carbocycles. The maximum atomic E-state index is 10.2. The molecule has 0 amide bonds. The molecule has 2 aromatic rings. The normalized spacial score (nSPS) is 21.0. The summed E-state index contributed by atoms with van der Waals surface area (Å²) >= 11 is 0. The van der Waals surface area contributed by atoms with Gasteiger partial charge in [0, 0.05) is 19.1 Å². The largest absolute Gasteiger partial charge is 0.493 e. The molecular weight excluding hydrogens is 360 g/mol. The average Bonchev–Trinajstić information content (AvgIpc) is 2.75. The molecular formula is C22H28O6. The van der Waals surface area contributed by atoms with E-state index in [4.69, 9.17) is 18.9 Å². The fourth-order valence-corrected chi connectivity index (χ4v) is 4.27. The van der Waals surface area contributed by atoms with Crippen molar-refractivity contribution in [3.05, 3.63) is 47.0 Å². The minimum atomic E-state index is -0.131. The van der Waals surface area contributed by atoms with Crippen molar-refractivity contribution in [2.24, 2.45) is 11.8 Å². The minimum absolute atomic E-state index is 0.00278. The fourth-order valence-electron chi connectivity index (χ4n) is 4.27. The number of aliphatic hydroxyl groups excluding tert-OH is 2. The van der Waals surface area contributed by atoms with Crippen LogP contribution < -0.4 is 18.9 Å². The molecule has 0 fully saturated rings. The zero-order valence-electron chi connectivity index (χ0n) is 16.8. The maximum Gasteiger partial charge on any atom is 0.161 e. The van der Waals surface area contributed by atoms with Crippen LogP contribution in [-0.2, 0) is 6.42 Å². The standard InChI is InChI=1S/C22H28O6/c1-25-18-6-5-13(8-19(18)26-2)22-16-10-21(28-4)20(27-3)9-14(16)7-15(11-23)17(22)12-24/h5-6,8-10,15,17,22-24H,7,11-12H2,1-4H3/t15-,17-,22+/m0/s1. The molecule has 0 heterocycles. The van der Waals surface area contributed by atoms with Gasteiger partial charge in [-0.3, -0.25) is 0 Å². The second kappa shape index (κ2) is 8.71. The van der Waals surface area contributed by atoms with Crippen LogP contribution in [0.15, 0.2) is 30.3 Å². The highest BCUT2D eigenvalue weighted by Gasteiger charge is 2.38. The summed E-state index contributed by atoms with van der Waals surface area (Å²) in [5.41, 5.74) is 3.14. The van der Waals surface area contributed by atoms with Gasteiger partial charge in [-0.25, -0.2) is 0 Å². The van der Waals surface area contributed by atoms with E-state index in [2.05, 4.69) is 0 Å². The highest BCUT2D eigenvalue weighted by molar-refractivity contribution is 5.54. The van der Waals surface area contributed by atoms with E-state index in [-0.39, 0.29) is 31.0 Å². The summed E-state index contributed by atoms with van der Waals surface area (Å²) in [4.78, 5) is 0. The van der Waals surface area contributed by atoms with E-state index in [1.165, 1.54) is 0 Å². The molecule has 0 radical (unpaired) electrons. The first-order chi connectivity index (χ1) is 13.6. The lowest BCUT2D eigenvalue weighted by Crippen LogP contribution is -2.35. The number of methoxy groups -OCH3 is 4. The summed E-state index contributed by atoms with van der Waals surface area (Å²) in [5, 5.41) is 20.2. The Morgan fingerprint density at radius 2 is 1.39 bits per heavy atom. The van der Waals surface area contributed by atoms with Crippen LogP contribution in [0.3, 0.4) is 0 Å². The summed E-state index contributed by atoms with van der Waals surface area (Å²) in [6, 6.07) is 9.73. The molecule has 0 aliphatic heterocycles. The van der Waals surface area contributed by atoms with Gasteiger partial charge in [-0.15, -0.1) is 0 Å². The highest BCUT2D eigenvalue weighted by Crippen LogP contribution is 2.48. The van der Waals surface area contributed by atoms with E-state index in [0.717, 1.165) is 16.7 Å². The first kappa shape index (κ1) is 20.3. The molecule has 1 aliphatic rings. The lowest BCUT2D eigenvalue weighted by Gasteiger charge is -2.39. The maximum absolute atomic E-state index is 10.2. The molecule has 6 heteroatoms. The van der Waals surface area contributed by atoms with Crippen LogP contribution in [0.25, 0.3) is 0 Å². The summed E-state index contributed by atoms with van der Waals surface area (Å²) in [6.45, 7) is -0.0270. The van der Waals surface area contributed by atoms with Crippen LogP contribution in [0.5, 0.6) is 23.0 Å². The molecule has 0 aromatic heterocycles. The molecule has 0 saturated heterocycles. The molecule has 0 spiro atoms. The van der Waals surface area contributed by atoms with Crippen molar-refractivity contribution in [1.82, 2.24) is 0 Å². The number of hydrogen-bond donors (Lipinski definition) is 2. The van der Waals surface area contributed by atoms with E-state index in [1.54, 1.807) is 28.4 Å². The van der Waals surface area contributed by atoms with Crippen molar-refractivity contribution in [3.8, 4) is 23.0 Å². The van der Waals surface area contributed by atoms with E-state index in [9.17, 15) is 10.2 Å². The van der Waals surface area contributed by atoms with Crippen LogP contribution >= 0.6 is 0 Å². The van der Waals surface area contributed by atoms with E-state index in [0.29, 0.717) is 29.4 Å². The number of rotatable bonds is 7. The Kier molecular flexibility index (Phi) is 6.31. The van der Waals surface area contributed by atoms with Crippen LogP contribution in [0.2, 0.25) is 0 Å². The molecule has 2 aromatic carbocycles. The van der Waals surface area contributed by atoms with Crippen molar-refractivity contribution >= 4 is 0 Å². The van der Waals surface area contributed by atoms with Gasteiger partial charge in [-0.05, 0) is 59.2 Å². The zero-order chi connectivity index (χ0) is 20.3. The molecule has 2 N–H and O–H groups in total. The SMILES string of the molecule is COc1ccc([C@@H]2c3cc(OC)c(OC)cc3C[C@@H](CO)[C@@H]2CO)cc1OC. The number of benzene rings is 2. The molecule has 0 bridgehead atoms. The van der Waals surface area contributed by atoms with Gasteiger partial charge in [0.2, 0.25) is 0 Å². The Bertz CT molecular complexity index is 819. The van der Waals surface area contributed by atoms with Crippen LogP contribution in [0.4, 0.5) is 0 Å². The predicted octanol–water partition coefficient (Wildman–Crippen LogP) is 2.63. The molecule has 3 atom stereocenters. The topological polar surface area (TPSA) is 77.4 Å². The Morgan fingerprint density at radius 3 is 1.96 bits per heavy atom. The van der Waals surface area contributed by atoms with Crippen LogP contribution in [0.1, 0.15) is 22.6 Å². The van der Waals surface area contributed by atoms with Crippen molar-refractivity contribution < 1.29 is 29.2 Å². The molecule has 0 unspecified atom stereocenters. The Morgan fingerprint density at radius 1 is 0.786 bits per heavy atom. The predicted molar refractivity (Wildman–Crippen MR) is 106 cm³/mol. The van der Waals surface area contributed by atoms with E-state index >= 15 is 0 Å². The van der Waals surface area contributed by atoms with Crippen molar-refractivity contribution in [2.45, 2.75) is 12.3 Å². The minimum Gasteiger partial charge on any atom is -0.493 e. The van der Waals surface area contributed by atoms with Crippen molar-refractivity contribution in [3.63, 3.8) is 0 Å². The van der Waals surface area contributed by atoms with Crippen molar-refractivity contribution in [1.29, 1.82) is 0 Å². The van der Waals surface area contributed by atoms with Crippen LogP contribution in [-0.4, -0.2) is 51.9 Å². The first-order valence-corrected chi connectivity index (χ1v) is 9.30. The van der Waals surface area contributed by atoms with Gasteiger partial charge in [-0.2, -0.15) is 0 Å². The van der Waals surface area contributed by atoms with E-state index in [1.807, 2.05) is 30.3 Å². The quantitative estimate of drug-likeness (QED) is 0.759. The molecule has 6 nitrogen and oxygen atoms in total. The Labute approximate surface area is 165 Å². The smallest absolute Gasteiger partial charge is 0.161 e. The number of ether oxygens (including phenoxy) is 4. The summed E-state index contributed by atoms with van der Waals surface area (Å²) < 4.78 is 21.8. The lowest BCUT2D eigenvalue weighted by atomic mass is 9.67. The second-order valence-corrected chi connectivity index (χ2v) is 6.99. The monoisotopic (exact) mass is 388 g/mol. The van der Waals surface area contributed by atoms with Gasteiger partial charge in [0.25, 0.3) is 0 Å². The number of fused-ring (bicyclic) bond motifs is 1. The zero-order valence-corrected chi connectivity index (χ0v) is 16.8. The fraction of sp³-hybridized carbons (Fsp3) is 0.455. The summed E-state index contributed by atoms with van der Waals surface area (Å²) in [5.74, 6) is 2.27. The van der Waals surface area contributed by atoms with Crippen LogP contribution in [0, 0.1) is 11.8 Å². The van der Waals surface area contributed by atoms with Gasteiger partial charge < -0.3 is 29.2 Å². The number of aliphatic hydroxyl groups is 2. The Balaban J connectivity index is 2.20. The lowest BCUT2D eigenvalue weighted by molar-refractivity contribution is 0.101. The Hall–Kier alpha value is -2.44. The average molecular weight is 388 g/mol. The molecule has 28 heavy (non-hydrogen) atoms. The summed E-state index contributed by atoms with van der Waals surface area (Å²) in [6.07, 6.45) is 0.668. The van der Waals surface area contributed by atoms with Gasteiger partial charge in [0.15, 0.2) is 23.0 Å². The summed E-state index contributed by atoms with van der Waals surface area (Å²) in [7, 11) is 6.42. The van der Waals surface area contributed by atoms with Gasteiger partial charge in [0.05, 0.1) is 28.4 Å². The third-order valence-corrected chi connectivity index (χ3v) is 5.71. The molecule has 152 valence electrons. The third kappa shape index (κ3) is 3.50. The second-order valence-electron chi connectivity index (χ2n) is 6.99. The molecule has 3 rings (SSSR count). The first-order valence-electron chi connectivity index (χ1n) is 9.30. The number of hydrogen-bond acceptors (Lipinski definition) is 6. The molecule has 0 saturated carbocycles. The van der Waals surface area contributed by atoms with Gasteiger partial charge >= 0.3 is 0 Å². The highest BCUT2D eigenvalue weighted by atomic mass is 16.5. The third-order valence-electron chi connectivity index (χ3n) is 5.71.